The second-order valence-electron chi connectivity index (χ2n) is 11.2. The number of benzene rings is 7. The minimum Gasteiger partial charge on any atom is -0.0619 e. The van der Waals surface area contributed by atoms with Gasteiger partial charge in [-0.2, -0.15) is 0 Å². The van der Waals surface area contributed by atoms with Gasteiger partial charge in [0.25, 0.3) is 0 Å². The third-order valence-electron chi connectivity index (χ3n) is 9.22. The van der Waals surface area contributed by atoms with Crippen LogP contribution in [0, 0.1) is 0 Å². The quantitative estimate of drug-likeness (QED) is 0.219. The Labute approximate surface area is 234 Å². The SMILES string of the molecule is c1ccc2c(c1)C1c3ccccc3C2c2c(-c3ccc4ccccc4c3)ccc(-c3ccc4ccccc4c3)c21. The highest BCUT2D eigenvalue weighted by molar-refractivity contribution is 5.93. The van der Waals surface area contributed by atoms with E-state index in [0.717, 1.165) is 0 Å². The molecule has 0 radical (unpaired) electrons. The molecule has 7 aromatic carbocycles. The zero-order valence-corrected chi connectivity index (χ0v) is 22.0. The van der Waals surface area contributed by atoms with Gasteiger partial charge in [-0.05, 0) is 89.3 Å². The van der Waals surface area contributed by atoms with Crippen molar-refractivity contribution in [3.63, 3.8) is 0 Å². The largest absolute Gasteiger partial charge is 0.0619 e. The van der Waals surface area contributed by atoms with Crippen LogP contribution in [0.4, 0.5) is 0 Å². The molecular weight excluding hydrogens is 480 g/mol. The molecule has 7 aromatic rings. The summed E-state index contributed by atoms with van der Waals surface area (Å²) in [6, 6.07) is 54.4. The van der Waals surface area contributed by atoms with E-state index >= 15 is 0 Å². The smallest absolute Gasteiger partial charge is 0.0355 e. The van der Waals surface area contributed by atoms with Gasteiger partial charge in [0.1, 0.15) is 0 Å². The van der Waals surface area contributed by atoms with E-state index in [-0.39, 0.29) is 11.8 Å². The van der Waals surface area contributed by atoms with Crippen molar-refractivity contribution in [1.82, 2.24) is 0 Å². The Bertz CT molecular complexity index is 1930. The lowest BCUT2D eigenvalue weighted by molar-refractivity contribution is 0.758. The third kappa shape index (κ3) is 3.02. The van der Waals surface area contributed by atoms with Gasteiger partial charge in [-0.15, -0.1) is 0 Å². The Morgan fingerprint density at radius 1 is 0.300 bits per heavy atom. The maximum atomic E-state index is 2.39. The van der Waals surface area contributed by atoms with E-state index in [4.69, 9.17) is 0 Å². The minimum absolute atomic E-state index is 0.217. The predicted molar refractivity (Wildman–Crippen MR) is 167 cm³/mol. The monoisotopic (exact) mass is 506 g/mol. The molecule has 0 saturated heterocycles. The first kappa shape index (κ1) is 21.9. The number of fused-ring (bicyclic) bond motifs is 2. The summed E-state index contributed by atoms with van der Waals surface area (Å²) in [5.41, 5.74) is 14.1. The van der Waals surface area contributed by atoms with Crippen LogP contribution in [0.5, 0.6) is 0 Å². The van der Waals surface area contributed by atoms with Crippen molar-refractivity contribution in [2.24, 2.45) is 0 Å². The van der Waals surface area contributed by atoms with E-state index in [1.807, 2.05) is 0 Å². The van der Waals surface area contributed by atoms with Crippen molar-refractivity contribution in [3.05, 3.63) is 179 Å². The van der Waals surface area contributed by atoms with E-state index < -0.39 is 0 Å². The molecule has 2 bridgehead atoms. The summed E-state index contributed by atoms with van der Waals surface area (Å²) in [5, 5.41) is 5.14. The van der Waals surface area contributed by atoms with Crippen LogP contribution in [0.3, 0.4) is 0 Å². The molecule has 0 nitrogen and oxygen atoms in total. The molecule has 0 atom stereocenters. The van der Waals surface area contributed by atoms with E-state index in [1.165, 1.54) is 77.2 Å². The maximum absolute atomic E-state index is 2.39. The molecule has 0 aromatic heterocycles. The van der Waals surface area contributed by atoms with E-state index in [2.05, 4.69) is 146 Å². The van der Waals surface area contributed by atoms with Gasteiger partial charge in [0.15, 0.2) is 0 Å². The number of hydrogen-bond acceptors (Lipinski definition) is 0. The fourth-order valence-corrected chi connectivity index (χ4v) is 7.51. The Balaban J connectivity index is 1.38. The molecule has 10 rings (SSSR count). The van der Waals surface area contributed by atoms with Gasteiger partial charge in [0, 0.05) is 11.8 Å². The zero-order chi connectivity index (χ0) is 26.2. The van der Waals surface area contributed by atoms with Gasteiger partial charge >= 0.3 is 0 Å². The van der Waals surface area contributed by atoms with Gasteiger partial charge in [0.05, 0.1) is 0 Å². The second-order valence-corrected chi connectivity index (χ2v) is 11.2. The highest BCUT2D eigenvalue weighted by atomic mass is 14.5. The van der Waals surface area contributed by atoms with Crippen LogP contribution < -0.4 is 0 Å². The van der Waals surface area contributed by atoms with E-state index in [0.29, 0.717) is 0 Å². The van der Waals surface area contributed by atoms with E-state index in [9.17, 15) is 0 Å². The Kier molecular flexibility index (Phi) is 4.54. The molecule has 0 unspecified atom stereocenters. The standard InChI is InChI=1S/C40H26/c1-3-11-27-23-29(19-17-25(27)9-1)31-21-22-32(30-20-18-26-10-2-4-12-28(26)24-30)40-38-35-15-7-5-13-33(35)37(39(31)40)34-14-6-8-16-36(34)38/h1-24,37-38H. The fraction of sp³-hybridized carbons (Fsp3) is 0.0500. The highest BCUT2D eigenvalue weighted by Gasteiger charge is 2.43. The summed E-state index contributed by atoms with van der Waals surface area (Å²) >= 11 is 0. The molecule has 0 amide bonds. The predicted octanol–water partition coefficient (Wildman–Crippen LogP) is 10.3. The van der Waals surface area contributed by atoms with Gasteiger partial charge < -0.3 is 0 Å². The topological polar surface area (TPSA) is 0 Å². The normalized spacial score (nSPS) is 16.5. The molecule has 3 aliphatic carbocycles. The van der Waals surface area contributed by atoms with Crippen LogP contribution in [-0.4, -0.2) is 0 Å². The summed E-state index contributed by atoms with van der Waals surface area (Å²) in [5.74, 6) is 0.434. The van der Waals surface area contributed by atoms with Crippen LogP contribution in [0.1, 0.15) is 45.2 Å². The van der Waals surface area contributed by atoms with Crippen molar-refractivity contribution < 1.29 is 0 Å². The zero-order valence-electron chi connectivity index (χ0n) is 22.0. The lowest BCUT2D eigenvalue weighted by Crippen LogP contribution is -2.28. The first-order valence-electron chi connectivity index (χ1n) is 14.2. The molecular formula is C40H26. The summed E-state index contributed by atoms with van der Waals surface area (Å²) in [4.78, 5) is 0. The first-order chi connectivity index (χ1) is 19.8. The molecule has 0 heteroatoms. The maximum Gasteiger partial charge on any atom is 0.0355 e. The summed E-state index contributed by atoms with van der Waals surface area (Å²) in [7, 11) is 0. The van der Waals surface area contributed by atoms with Crippen molar-refractivity contribution in [3.8, 4) is 22.3 Å². The Hall–Kier alpha value is -4.94. The van der Waals surface area contributed by atoms with Gasteiger partial charge in [-0.1, -0.05) is 133 Å². The molecule has 0 fully saturated rings. The molecule has 40 heavy (non-hydrogen) atoms. The lowest BCUT2D eigenvalue weighted by Gasteiger charge is -2.44. The van der Waals surface area contributed by atoms with Crippen LogP contribution in [0.2, 0.25) is 0 Å². The Morgan fingerprint density at radius 2 is 0.650 bits per heavy atom. The molecule has 0 heterocycles. The van der Waals surface area contributed by atoms with Crippen molar-refractivity contribution >= 4 is 21.5 Å². The van der Waals surface area contributed by atoms with Crippen LogP contribution in [-0.2, 0) is 0 Å². The molecule has 3 aliphatic rings. The summed E-state index contributed by atoms with van der Waals surface area (Å²) in [6.07, 6.45) is 0. The molecule has 0 aliphatic heterocycles. The van der Waals surface area contributed by atoms with Gasteiger partial charge in [0.2, 0.25) is 0 Å². The van der Waals surface area contributed by atoms with Crippen LogP contribution in [0.25, 0.3) is 43.8 Å². The van der Waals surface area contributed by atoms with Crippen LogP contribution >= 0.6 is 0 Å². The van der Waals surface area contributed by atoms with Crippen LogP contribution in [0.15, 0.2) is 146 Å². The average molecular weight is 507 g/mol. The minimum atomic E-state index is 0.217. The van der Waals surface area contributed by atoms with Crippen molar-refractivity contribution in [1.29, 1.82) is 0 Å². The molecule has 0 N–H and O–H groups in total. The number of rotatable bonds is 2. The highest BCUT2D eigenvalue weighted by Crippen LogP contribution is 2.59. The molecule has 186 valence electrons. The summed E-state index contributed by atoms with van der Waals surface area (Å²) in [6.45, 7) is 0. The third-order valence-corrected chi connectivity index (χ3v) is 9.22. The van der Waals surface area contributed by atoms with Crippen molar-refractivity contribution in [2.45, 2.75) is 11.8 Å². The first-order valence-corrected chi connectivity index (χ1v) is 14.2. The van der Waals surface area contributed by atoms with Crippen molar-refractivity contribution in [2.75, 3.05) is 0 Å². The fourth-order valence-electron chi connectivity index (χ4n) is 7.51. The van der Waals surface area contributed by atoms with Gasteiger partial charge in [-0.25, -0.2) is 0 Å². The van der Waals surface area contributed by atoms with E-state index in [1.54, 1.807) is 0 Å². The number of hydrogen-bond donors (Lipinski definition) is 0. The molecule has 0 spiro atoms. The summed E-state index contributed by atoms with van der Waals surface area (Å²) < 4.78 is 0. The molecule has 0 saturated carbocycles. The Morgan fingerprint density at radius 3 is 1.05 bits per heavy atom. The van der Waals surface area contributed by atoms with Gasteiger partial charge in [-0.3, -0.25) is 0 Å². The second kappa shape index (κ2) is 8.28. The average Bonchev–Trinajstić information content (AvgIpc) is 3.03. The lowest BCUT2D eigenvalue weighted by atomic mass is 9.58.